The van der Waals surface area contributed by atoms with E-state index in [2.05, 4.69) is 108 Å². The van der Waals surface area contributed by atoms with Gasteiger partial charge in [0.25, 0.3) is 0 Å². The highest BCUT2D eigenvalue weighted by Gasteiger charge is 2.27. The first-order valence-electron chi connectivity index (χ1n) is 12.5. The quantitative estimate of drug-likeness (QED) is 0.207. The largest absolute Gasteiger partial charge is 0.308 e. The molecule has 2 aliphatic carbocycles. The summed E-state index contributed by atoms with van der Waals surface area (Å²) in [4.78, 5) is 0. The van der Waals surface area contributed by atoms with Gasteiger partial charge in [-0.25, -0.2) is 0 Å². The molecule has 0 amide bonds. The zero-order valence-corrected chi connectivity index (χ0v) is 19.2. The van der Waals surface area contributed by atoms with Gasteiger partial charge in [0.2, 0.25) is 0 Å². The van der Waals surface area contributed by atoms with Crippen LogP contribution in [0.3, 0.4) is 0 Å². The number of fused-ring (bicyclic) bond motifs is 16. The van der Waals surface area contributed by atoms with E-state index in [1.807, 2.05) is 0 Å². The predicted molar refractivity (Wildman–Crippen MR) is 146 cm³/mol. The van der Waals surface area contributed by atoms with Gasteiger partial charge in [-0.15, -0.1) is 0 Å². The molecule has 0 aliphatic heterocycles. The number of pyridine rings is 1. The second-order valence-electron chi connectivity index (χ2n) is 10.1. The SMILES string of the molecule is c1ccc2c(c1)Cc1c-2ccc2c3c4c(ccc3c3cc5ccccc5n3c12)Cc1ccccc1-4. The molecule has 5 aromatic carbocycles. The summed E-state index contributed by atoms with van der Waals surface area (Å²) in [6.07, 6.45) is 2.01. The Labute approximate surface area is 202 Å². The standard InChI is InChI=1S/C34H21N/c1-4-10-24-21(8-1)18-29-26(24)15-16-28-33-27(14-13-23-17-20-7-2-5-11-25(20)32(23)33)31-19-22-9-3-6-12-30(22)35(31)34(28)29/h1-16,19H,17-18H2. The molecule has 7 aromatic rings. The van der Waals surface area contributed by atoms with E-state index in [1.54, 1.807) is 0 Å². The topological polar surface area (TPSA) is 4.41 Å². The molecular weight excluding hydrogens is 422 g/mol. The summed E-state index contributed by atoms with van der Waals surface area (Å²) in [5.74, 6) is 0. The van der Waals surface area contributed by atoms with Crippen molar-refractivity contribution in [2.45, 2.75) is 12.8 Å². The molecule has 9 rings (SSSR count). The molecular formula is C34H21N. The molecule has 0 unspecified atom stereocenters. The van der Waals surface area contributed by atoms with Gasteiger partial charge in [0.15, 0.2) is 0 Å². The number of benzene rings is 5. The van der Waals surface area contributed by atoms with Crippen molar-refractivity contribution in [1.82, 2.24) is 4.40 Å². The van der Waals surface area contributed by atoms with Gasteiger partial charge in [-0.1, -0.05) is 91.0 Å². The maximum Gasteiger partial charge on any atom is 0.0582 e. The second kappa shape index (κ2) is 6.20. The van der Waals surface area contributed by atoms with Crippen LogP contribution in [0.15, 0.2) is 103 Å². The monoisotopic (exact) mass is 443 g/mol. The van der Waals surface area contributed by atoms with E-state index in [9.17, 15) is 0 Å². The molecule has 1 nitrogen and oxygen atoms in total. The molecule has 0 fully saturated rings. The van der Waals surface area contributed by atoms with Crippen LogP contribution >= 0.6 is 0 Å². The summed E-state index contributed by atoms with van der Waals surface area (Å²) in [6, 6.07) is 38.6. The van der Waals surface area contributed by atoms with Crippen molar-refractivity contribution in [2.24, 2.45) is 0 Å². The highest BCUT2D eigenvalue weighted by Crippen LogP contribution is 2.48. The number of nitrogens with zero attached hydrogens (tertiary/aromatic N) is 1. The molecule has 0 radical (unpaired) electrons. The van der Waals surface area contributed by atoms with Gasteiger partial charge in [-0.3, -0.25) is 0 Å². The number of hydrogen-bond acceptors (Lipinski definition) is 0. The maximum absolute atomic E-state index is 2.55. The lowest BCUT2D eigenvalue weighted by Gasteiger charge is -2.17. The van der Waals surface area contributed by atoms with E-state index in [1.165, 1.54) is 82.6 Å². The van der Waals surface area contributed by atoms with Crippen molar-refractivity contribution in [3.8, 4) is 22.3 Å². The van der Waals surface area contributed by atoms with Crippen LogP contribution in [0.2, 0.25) is 0 Å². The normalized spacial score (nSPS) is 13.5. The van der Waals surface area contributed by atoms with Crippen molar-refractivity contribution >= 4 is 38.1 Å². The highest BCUT2D eigenvalue weighted by molar-refractivity contribution is 6.23. The number of para-hydroxylation sites is 1. The average molecular weight is 444 g/mol. The number of aromatic nitrogens is 1. The molecule has 35 heavy (non-hydrogen) atoms. The van der Waals surface area contributed by atoms with E-state index in [0.29, 0.717) is 0 Å². The van der Waals surface area contributed by atoms with Crippen molar-refractivity contribution in [1.29, 1.82) is 0 Å². The van der Waals surface area contributed by atoms with Gasteiger partial charge in [0, 0.05) is 28.0 Å². The number of hydrogen-bond donors (Lipinski definition) is 0. The molecule has 0 saturated heterocycles. The first kappa shape index (κ1) is 18.0. The van der Waals surface area contributed by atoms with Crippen LogP contribution < -0.4 is 0 Å². The van der Waals surface area contributed by atoms with Crippen LogP contribution in [0.5, 0.6) is 0 Å². The Bertz CT molecular complexity index is 2050. The molecule has 2 aromatic heterocycles. The molecule has 0 saturated carbocycles. The minimum Gasteiger partial charge on any atom is -0.308 e. The Hall–Kier alpha value is -4.36. The third kappa shape index (κ3) is 2.15. The predicted octanol–water partition coefficient (Wildman–Crippen LogP) is 8.54. The van der Waals surface area contributed by atoms with Crippen LogP contribution in [0.1, 0.15) is 22.3 Å². The van der Waals surface area contributed by atoms with Crippen LogP contribution in [0.4, 0.5) is 0 Å². The third-order valence-electron chi connectivity index (χ3n) is 8.40. The molecule has 2 aliphatic rings. The Morgan fingerprint density at radius 3 is 2.17 bits per heavy atom. The first-order chi connectivity index (χ1) is 17.4. The van der Waals surface area contributed by atoms with Crippen LogP contribution in [0.25, 0.3) is 60.3 Å². The summed E-state index contributed by atoms with van der Waals surface area (Å²) in [6.45, 7) is 0. The maximum atomic E-state index is 2.55. The lowest BCUT2D eigenvalue weighted by Crippen LogP contribution is -1.97. The minimum atomic E-state index is 0.988. The van der Waals surface area contributed by atoms with Crippen molar-refractivity contribution in [3.05, 3.63) is 125 Å². The number of rotatable bonds is 0. The Morgan fingerprint density at radius 1 is 0.514 bits per heavy atom. The fourth-order valence-electron chi connectivity index (χ4n) is 6.96. The smallest absolute Gasteiger partial charge is 0.0582 e. The van der Waals surface area contributed by atoms with Gasteiger partial charge in [-0.05, 0) is 63.1 Å². The van der Waals surface area contributed by atoms with Crippen molar-refractivity contribution in [3.63, 3.8) is 0 Å². The van der Waals surface area contributed by atoms with Crippen LogP contribution in [-0.4, -0.2) is 4.40 Å². The lowest BCUT2D eigenvalue weighted by atomic mass is 9.92. The van der Waals surface area contributed by atoms with Gasteiger partial charge < -0.3 is 4.40 Å². The Morgan fingerprint density at radius 2 is 1.26 bits per heavy atom. The Kier molecular flexibility index (Phi) is 3.19. The summed E-state index contributed by atoms with van der Waals surface area (Å²) < 4.78 is 2.55. The molecule has 0 bridgehead atoms. The molecule has 2 heterocycles. The summed E-state index contributed by atoms with van der Waals surface area (Å²) in [5, 5.41) is 5.43. The van der Waals surface area contributed by atoms with E-state index in [0.717, 1.165) is 12.8 Å². The van der Waals surface area contributed by atoms with Crippen LogP contribution in [0, 0.1) is 0 Å². The van der Waals surface area contributed by atoms with E-state index < -0.39 is 0 Å². The minimum absolute atomic E-state index is 0.988. The van der Waals surface area contributed by atoms with Crippen molar-refractivity contribution < 1.29 is 0 Å². The zero-order chi connectivity index (χ0) is 22.7. The fraction of sp³-hybridized carbons (Fsp3) is 0.0588. The molecule has 0 N–H and O–H groups in total. The van der Waals surface area contributed by atoms with Gasteiger partial charge >= 0.3 is 0 Å². The van der Waals surface area contributed by atoms with Crippen molar-refractivity contribution in [2.75, 3.05) is 0 Å². The Balaban J connectivity index is 1.57. The van der Waals surface area contributed by atoms with Gasteiger partial charge in [-0.2, -0.15) is 0 Å². The lowest BCUT2D eigenvalue weighted by molar-refractivity contribution is 1.24. The van der Waals surface area contributed by atoms with E-state index in [4.69, 9.17) is 0 Å². The average Bonchev–Trinajstić information content (AvgIpc) is 3.59. The van der Waals surface area contributed by atoms with E-state index >= 15 is 0 Å². The third-order valence-corrected chi connectivity index (χ3v) is 8.40. The van der Waals surface area contributed by atoms with Gasteiger partial charge in [0.1, 0.15) is 0 Å². The zero-order valence-electron chi connectivity index (χ0n) is 19.2. The van der Waals surface area contributed by atoms with Crippen LogP contribution in [-0.2, 0) is 12.8 Å². The fourth-order valence-corrected chi connectivity index (χ4v) is 6.96. The first-order valence-corrected chi connectivity index (χ1v) is 12.5. The summed E-state index contributed by atoms with van der Waals surface area (Å²) in [7, 11) is 0. The van der Waals surface area contributed by atoms with Gasteiger partial charge in [0.05, 0.1) is 16.6 Å². The summed E-state index contributed by atoms with van der Waals surface area (Å²) in [5.41, 5.74) is 15.4. The molecule has 1 heteroatoms. The molecule has 0 atom stereocenters. The molecule has 0 spiro atoms. The summed E-state index contributed by atoms with van der Waals surface area (Å²) >= 11 is 0. The van der Waals surface area contributed by atoms with E-state index in [-0.39, 0.29) is 0 Å². The second-order valence-corrected chi connectivity index (χ2v) is 10.1. The highest BCUT2D eigenvalue weighted by atomic mass is 14.9. The molecule has 162 valence electrons.